The van der Waals surface area contributed by atoms with Crippen molar-refractivity contribution in [2.45, 2.75) is 57.5 Å². The zero-order valence-electron chi connectivity index (χ0n) is 15.7. The standard InChI is InChI=1S/C20H29N5O/c1-16(25-19-9-5-4-8-18(19)21-22-25)20(26)24-14-10-17(11-15-24)23-12-6-2-3-7-13-23/h4-5,8-9,16-17H,2-3,6-7,10-15H2,1H3. The van der Waals surface area contributed by atoms with Gasteiger partial charge in [-0.25, -0.2) is 4.68 Å². The molecule has 6 nitrogen and oxygen atoms in total. The fourth-order valence-electron chi connectivity index (χ4n) is 4.45. The van der Waals surface area contributed by atoms with Gasteiger partial charge in [-0.1, -0.05) is 30.2 Å². The first-order valence-corrected chi connectivity index (χ1v) is 10.1. The molecule has 140 valence electrons. The Kier molecular flexibility index (Phi) is 5.20. The monoisotopic (exact) mass is 355 g/mol. The van der Waals surface area contributed by atoms with Gasteiger partial charge in [0.25, 0.3) is 0 Å². The molecule has 1 atom stereocenters. The maximum atomic E-state index is 13.0. The maximum absolute atomic E-state index is 13.0. The molecule has 6 heteroatoms. The van der Waals surface area contributed by atoms with E-state index in [4.69, 9.17) is 0 Å². The fraction of sp³-hybridized carbons (Fsp3) is 0.650. The van der Waals surface area contributed by atoms with Crippen LogP contribution in [0.5, 0.6) is 0 Å². The van der Waals surface area contributed by atoms with Gasteiger partial charge in [0.1, 0.15) is 11.6 Å². The van der Waals surface area contributed by atoms with E-state index in [2.05, 4.69) is 15.2 Å². The van der Waals surface area contributed by atoms with Gasteiger partial charge in [0.15, 0.2) is 0 Å². The topological polar surface area (TPSA) is 54.3 Å². The first kappa shape index (κ1) is 17.5. The average Bonchev–Trinajstić information content (AvgIpc) is 2.93. The second kappa shape index (κ2) is 7.74. The fourth-order valence-corrected chi connectivity index (χ4v) is 4.45. The zero-order chi connectivity index (χ0) is 17.9. The number of nitrogens with zero attached hydrogens (tertiary/aromatic N) is 5. The summed E-state index contributed by atoms with van der Waals surface area (Å²) in [6, 6.07) is 8.16. The molecule has 3 heterocycles. The number of hydrogen-bond donors (Lipinski definition) is 0. The molecule has 1 unspecified atom stereocenters. The lowest BCUT2D eigenvalue weighted by molar-refractivity contribution is -0.136. The van der Waals surface area contributed by atoms with Crippen LogP contribution in [-0.4, -0.2) is 62.9 Å². The predicted octanol–water partition coefficient (Wildman–Crippen LogP) is 2.86. The Morgan fingerprint density at radius 3 is 2.46 bits per heavy atom. The molecule has 0 spiro atoms. The van der Waals surface area contributed by atoms with Crippen LogP contribution in [-0.2, 0) is 4.79 Å². The van der Waals surface area contributed by atoms with Crippen molar-refractivity contribution in [3.05, 3.63) is 24.3 Å². The molecule has 1 amide bonds. The number of carbonyl (C=O) groups excluding carboxylic acids is 1. The quantitative estimate of drug-likeness (QED) is 0.849. The van der Waals surface area contributed by atoms with Crippen molar-refractivity contribution in [1.82, 2.24) is 24.8 Å². The Morgan fingerprint density at radius 1 is 1.04 bits per heavy atom. The van der Waals surface area contributed by atoms with E-state index >= 15 is 0 Å². The number of para-hydroxylation sites is 1. The zero-order valence-corrected chi connectivity index (χ0v) is 15.7. The molecule has 26 heavy (non-hydrogen) atoms. The number of carbonyl (C=O) groups is 1. The third kappa shape index (κ3) is 3.47. The van der Waals surface area contributed by atoms with Crippen LogP contribution in [0, 0.1) is 0 Å². The number of piperidine rings is 1. The average molecular weight is 355 g/mol. The molecule has 0 saturated carbocycles. The van der Waals surface area contributed by atoms with Crippen molar-refractivity contribution in [2.75, 3.05) is 26.2 Å². The first-order valence-electron chi connectivity index (χ1n) is 10.1. The van der Waals surface area contributed by atoms with Gasteiger partial charge >= 0.3 is 0 Å². The summed E-state index contributed by atoms with van der Waals surface area (Å²) in [7, 11) is 0. The Bertz CT molecular complexity index is 741. The lowest BCUT2D eigenvalue weighted by Gasteiger charge is -2.39. The van der Waals surface area contributed by atoms with Gasteiger partial charge in [0.2, 0.25) is 5.91 Å². The highest BCUT2D eigenvalue weighted by Gasteiger charge is 2.30. The van der Waals surface area contributed by atoms with Crippen molar-refractivity contribution < 1.29 is 4.79 Å². The van der Waals surface area contributed by atoms with Crippen LogP contribution in [0.15, 0.2) is 24.3 Å². The summed E-state index contributed by atoms with van der Waals surface area (Å²) in [6.07, 6.45) is 7.59. The Balaban J connectivity index is 1.38. The number of aromatic nitrogens is 3. The SMILES string of the molecule is CC(C(=O)N1CCC(N2CCCCCC2)CC1)n1nnc2ccccc21. The van der Waals surface area contributed by atoms with E-state index in [1.165, 1.54) is 38.8 Å². The molecular formula is C20H29N5O. The molecule has 1 aromatic heterocycles. The van der Waals surface area contributed by atoms with Crippen molar-refractivity contribution in [1.29, 1.82) is 0 Å². The lowest BCUT2D eigenvalue weighted by Crippen LogP contribution is -2.48. The van der Waals surface area contributed by atoms with Crippen molar-refractivity contribution in [3.63, 3.8) is 0 Å². The van der Waals surface area contributed by atoms with E-state index in [0.29, 0.717) is 6.04 Å². The van der Waals surface area contributed by atoms with E-state index in [9.17, 15) is 4.79 Å². The van der Waals surface area contributed by atoms with Crippen LogP contribution in [0.4, 0.5) is 0 Å². The summed E-state index contributed by atoms with van der Waals surface area (Å²) in [5, 5.41) is 8.41. The van der Waals surface area contributed by atoms with Crippen molar-refractivity contribution in [2.24, 2.45) is 0 Å². The molecule has 2 aliphatic heterocycles. The van der Waals surface area contributed by atoms with E-state index < -0.39 is 0 Å². The van der Waals surface area contributed by atoms with Gasteiger partial charge in [-0.15, -0.1) is 5.10 Å². The molecule has 0 N–H and O–H groups in total. The number of fused-ring (bicyclic) bond motifs is 1. The van der Waals surface area contributed by atoms with Crippen LogP contribution in [0.25, 0.3) is 11.0 Å². The molecule has 2 fully saturated rings. The van der Waals surface area contributed by atoms with Gasteiger partial charge in [-0.3, -0.25) is 4.79 Å². The van der Waals surface area contributed by atoms with Crippen LogP contribution in [0.1, 0.15) is 51.5 Å². The van der Waals surface area contributed by atoms with E-state index in [0.717, 1.165) is 37.0 Å². The van der Waals surface area contributed by atoms with E-state index in [1.54, 1.807) is 4.68 Å². The van der Waals surface area contributed by atoms with Crippen LogP contribution in [0.3, 0.4) is 0 Å². The Morgan fingerprint density at radius 2 is 1.73 bits per heavy atom. The normalized spacial score (nSPS) is 21.7. The number of rotatable bonds is 3. The molecule has 4 rings (SSSR count). The molecule has 2 aliphatic rings. The summed E-state index contributed by atoms with van der Waals surface area (Å²) in [6.45, 7) is 6.12. The summed E-state index contributed by atoms with van der Waals surface area (Å²) in [4.78, 5) is 17.7. The minimum Gasteiger partial charge on any atom is -0.341 e. The smallest absolute Gasteiger partial charge is 0.247 e. The number of amides is 1. The van der Waals surface area contributed by atoms with Crippen LogP contribution in [0.2, 0.25) is 0 Å². The summed E-state index contributed by atoms with van der Waals surface area (Å²) >= 11 is 0. The summed E-state index contributed by atoms with van der Waals surface area (Å²) < 4.78 is 1.76. The third-order valence-electron chi connectivity index (χ3n) is 6.03. The maximum Gasteiger partial charge on any atom is 0.247 e. The molecule has 0 radical (unpaired) electrons. The molecule has 0 aliphatic carbocycles. The van der Waals surface area contributed by atoms with Crippen molar-refractivity contribution >= 4 is 16.9 Å². The molecule has 0 bridgehead atoms. The molecule has 2 saturated heterocycles. The number of likely N-dealkylation sites (tertiary alicyclic amines) is 2. The second-order valence-electron chi connectivity index (χ2n) is 7.71. The largest absolute Gasteiger partial charge is 0.341 e. The number of hydrogen-bond acceptors (Lipinski definition) is 4. The third-order valence-corrected chi connectivity index (χ3v) is 6.03. The molecular weight excluding hydrogens is 326 g/mol. The second-order valence-corrected chi connectivity index (χ2v) is 7.71. The van der Waals surface area contributed by atoms with Gasteiger partial charge < -0.3 is 9.80 Å². The van der Waals surface area contributed by atoms with Gasteiger partial charge in [-0.05, 0) is 57.8 Å². The summed E-state index contributed by atoms with van der Waals surface area (Å²) in [5.74, 6) is 0.162. The summed E-state index contributed by atoms with van der Waals surface area (Å²) in [5.41, 5.74) is 1.76. The highest BCUT2D eigenvalue weighted by Crippen LogP contribution is 2.23. The van der Waals surface area contributed by atoms with Gasteiger partial charge in [0, 0.05) is 19.1 Å². The van der Waals surface area contributed by atoms with Crippen LogP contribution >= 0.6 is 0 Å². The highest BCUT2D eigenvalue weighted by molar-refractivity contribution is 5.83. The first-order chi connectivity index (χ1) is 12.7. The Hall–Kier alpha value is -1.95. The Labute approximate surface area is 155 Å². The van der Waals surface area contributed by atoms with Crippen LogP contribution < -0.4 is 0 Å². The minimum atomic E-state index is -0.308. The lowest BCUT2D eigenvalue weighted by atomic mass is 10.0. The van der Waals surface area contributed by atoms with Crippen molar-refractivity contribution in [3.8, 4) is 0 Å². The minimum absolute atomic E-state index is 0.162. The molecule has 1 aromatic carbocycles. The number of benzene rings is 1. The van der Waals surface area contributed by atoms with Gasteiger partial charge in [0.05, 0.1) is 5.52 Å². The van der Waals surface area contributed by atoms with E-state index in [1.807, 2.05) is 36.1 Å². The molecule has 2 aromatic rings. The van der Waals surface area contributed by atoms with E-state index in [-0.39, 0.29) is 11.9 Å². The highest BCUT2D eigenvalue weighted by atomic mass is 16.2. The van der Waals surface area contributed by atoms with Gasteiger partial charge in [-0.2, -0.15) is 0 Å². The predicted molar refractivity (Wildman–Crippen MR) is 102 cm³/mol.